The molecule has 1 aliphatic heterocycles. The average molecular weight is 580 g/mol. The molecule has 0 spiro atoms. The number of aromatic nitrogens is 1. The van der Waals surface area contributed by atoms with Gasteiger partial charge in [-0.2, -0.15) is 13.2 Å². The minimum atomic E-state index is -4.77. The maximum absolute atomic E-state index is 13.3. The number of Topliss-reactive ketones (excluding diaryl/α,β-unsaturated/α-hetero) is 1. The number of ketones is 1. The number of nitrogens with one attached hydrogen (secondary N) is 4. The minimum absolute atomic E-state index is 0.0877. The fourth-order valence-electron chi connectivity index (χ4n) is 4.29. The second-order valence-electron chi connectivity index (χ2n) is 9.79. The zero-order valence-corrected chi connectivity index (χ0v) is 21.9. The van der Waals surface area contributed by atoms with E-state index in [2.05, 4.69) is 26.3 Å². The number of rotatable bonds is 9. The average Bonchev–Trinajstić information content (AvgIpc) is 3.65. The molecule has 1 unspecified atom stereocenters. The van der Waals surface area contributed by atoms with Crippen LogP contribution in [-0.2, 0) is 20.6 Å². The lowest BCUT2D eigenvalue weighted by atomic mass is 9.93. The van der Waals surface area contributed by atoms with E-state index in [1.54, 1.807) is 6.92 Å². The molecular weight excluding hydrogens is 555 g/mol. The summed E-state index contributed by atoms with van der Waals surface area (Å²) in [6, 6.07) is 3.79. The van der Waals surface area contributed by atoms with Gasteiger partial charge in [-0.15, -0.1) is 0 Å². The van der Waals surface area contributed by atoms with Crippen molar-refractivity contribution in [3.63, 3.8) is 0 Å². The number of carbonyl (C=O) groups is 5. The van der Waals surface area contributed by atoms with E-state index in [9.17, 15) is 37.1 Å². The molecule has 2 aliphatic rings. The Bertz CT molecular complexity index is 1360. The highest BCUT2D eigenvalue weighted by Crippen LogP contribution is 2.29. The van der Waals surface area contributed by atoms with Crippen molar-refractivity contribution >= 4 is 46.7 Å². The minimum Gasteiger partial charge on any atom is -0.353 e. The van der Waals surface area contributed by atoms with E-state index in [1.165, 1.54) is 18.2 Å². The van der Waals surface area contributed by atoms with Gasteiger partial charge in [-0.05, 0) is 62.9 Å². The third-order valence-electron chi connectivity index (χ3n) is 6.46. The van der Waals surface area contributed by atoms with Crippen LogP contribution in [0.3, 0.4) is 0 Å². The Morgan fingerprint density at radius 2 is 1.85 bits per heavy atom. The van der Waals surface area contributed by atoms with Crippen LogP contribution in [0.5, 0.6) is 0 Å². The molecule has 1 aromatic heterocycles. The molecule has 40 heavy (non-hydrogen) atoms. The van der Waals surface area contributed by atoms with Crippen molar-refractivity contribution in [2.45, 2.75) is 56.9 Å². The lowest BCUT2D eigenvalue weighted by molar-refractivity contribution is -0.141. The van der Waals surface area contributed by atoms with E-state index in [0.717, 1.165) is 25.1 Å². The van der Waals surface area contributed by atoms with Gasteiger partial charge in [0.15, 0.2) is 0 Å². The number of halogens is 4. The number of hydrogen-bond donors (Lipinski definition) is 4. The number of pyridine rings is 1. The molecule has 10 nitrogen and oxygen atoms in total. The van der Waals surface area contributed by atoms with Crippen molar-refractivity contribution < 1.29 is 37.1 Å². The number of alkyl halides is 3. The summed E-state index contributed by atoms with van der Waals surface area (Å²) in [4.78, 5) is 67.2. The summed E-state index contributed by atoms with van der Waals surface area (Å²) in [6.07, 6.45) is -2.23. The van der Waals surface area contributed by atoms with Crippen LogP contribution in [0, 0.1) is 5.92 Å². The standard InChI is InChI=1S/C26H25ClF3N5O5/c1-12-8-14(23(38)32-12)9-19(21(36)25(40)33-16-3-4-16)35-24(39)17-11-15(27)2-5-18(17)34-22(37)13-6-7-31-20(10-13)26(28,29)30/h2,5-7,10-12,14,16,19H,3-4,8-9H2,1H3,(H,32,38)(H,33,40)(H,34,37)(H,35,39)/t12-,14+,19?/m1/s1. The Hall–Kier alpha value is -4.00. The van der Waals surface area contributed by atoms with Gasteiger partial charge >= 0.3 is 6.18 Å². The Labute approximate surface area is 231 Å². The molecule has 4 amide bonds. The van der Waals surface area contributed by atoms with Crippen LogP contribution < -0.4 is 21.3 Å². The highest BCUT2D eigenvalue weighted by Gasteiger charge is 2.38. The van der Waals surface area contributed by atoms with Gasteiger partial charge in [-0.25, -0.2) is 0 Å². The number of amides is 4. The van der Waals surface area contributed by atoms with Gasteiger partial charge in [-0.3, -0.25) is 29.0 Å². The summed E-state index contributed by atoms with van der Waals surface area (Å²) < 4.78 is 39.1. The van der Waals surface area contributed by atoms with E-state index in [4.69, 9.17) is 11.6 Å². The Balaban J connectivity index is 1.56. The van der Waals surface area contributed by atoms with Gasteiger partial charge in [0.1, 0.15) is 5.69 Å². The molecule has 212 valence electrons. The largest absolute Gasteiger partial charge is 0.433 e. The molecule has 2 heterocycles. The first kappa shape index (κ1) is 29.0. The van der Waals surface area contributed by atoms with E-state index >= 15 is 0 Å². The smallest absolute Gasteiger partial charge is 0.353 e. The molecule has 1 saturated carbocycles. The van der Waals surface area contributed by atoms with Crippen molar-refractivity contribution in [1.82, 2.24) is 20.9 Å². The van der Waals surface area contributed by atoms with Crippen LogP contribution in [0.25, 0.3) is 0 Å². The first-order valence-corrected chi connectivity index (χ1v) is 12.8. The molecular formula is C26H25ClF3N5O5. The Morgan fingerprint density at radius 1 is 1.12 bits per heavy atom. The Morgan fingerprint density at radius 3 is 2.48 bits per heavy atom. The van der Waals surface area contributed by atoms with E-state index in [-0.39, 0.29) is 46.2 Å². The van der Waals surface area contributed by atoms with Crippen LogP contribution in [-0.4, -0.2) is 52.5 Å². The highest BCUT2D eigenvalue weighted by molar-refractivity contribution is 6.38. The quantitative estimate of drug-likeness (QED) is 0.336. The first-order valence-electron chi connectivity index (χ1n) is 12.4. The number of anilines is 1. The first-order chi connectivity index (χ1) is 18.8. The van der Waals surface area contributed by atoms with E-state index in [1.807, 2.05) is 0 Å². The van der Waals surface area contributed by atoms with E-state index in [0.29, 0.717) is 12.5 Å². The van der Waals surface area contributed by atoms with Gasteiger partial charge in [0, 0.05) is 34.8 Å². The third-order valence-corrected chi connectivity index (χ3v) is 6.70. The summed E-state index contributed by atoms with van der Waals surface area (Å²) in [7, 11) is 0. The van der Waals surface area contributed by atoms with E-state index < -0.39 is 47.3 Å². The van der Waals surface area contributed by atoms with Crippen LogP contribution in [0.1, 0.15) is 59.0 Å². The monoisotopic (exact) mass is 579 g/mol. The summed E-state index contributed by atoms with van der Waals surface area (Å²) >= 11 is 6.06. The number of nitrogens with zero attached hydrogens (tertiary/aromatic N) is 1. The summed E-state index contributed by atoms with van der Waals surface area (Å²) in [5.41, 5.74) is -1.96. The summed E-state index contributed by atoms with van der Waals surface area (Å²) in [5, 5.41) is 10.2. The molecule has 4 rings (SSSR count). The van der Waals surface area contributed by atoms with Gasteiger partial charge in [0.05, 0.1) is 17.3 Å². The molecule has 2 aromatic rings. The van der Waals surface area contributed by atoms with Gasteiger partial charge < -0.3 is 21.3 Å². The Kier molecular flexibility index (Phi) is 8.43. The highest BCUT2D eigenvalue weighted by atomic mass is 35.5. The molecule has 2 fully saturated rings. The number of hydrogen-bond acceptors (Lipinski definition) is 6. The lowest BCUT2D eigenvalue weighted by Gasteiger charge is -2.21. The van der Waals surface area contributed by atoms with Gasteiger partial charge in [-0.1, -0.05) is 11.6 Å². The normalized spacial score (nSPS) is 19.4. The predicted octanol–water partition coefficient (Wildman–Crippen LogP) is 2.87. The fraction of sp³-hybridized carbons (Fsp3) is 0.385. The SMILES string of the molecule is C[C@@H]1C[C@@H](CC(NC(=O)c2cc(Cl)ccc2NC(=O)c2ccnc(C(F)(F)F)c2)C(=O)C(=O)NC2CC2)C(=O)N1. The van der Waals surface area contributed by atoms with Gasteiger partial charge in [0.2, 0.25) is 11.7 Å². The summed E-state index contributed by atoms with van der Waals surface area (Å²) in [6.45, 7) is 1.79. The van der Waals surface area contributed by atoms with Crippen LogP contribution in [0.4, 0.5) is 18.9 Å². The zero-order valence-electron chi connectivity index (χ0n) is 21.1. The van der Waals surface area contributed by atoms with Crippen molar-refractivity contribution in [1.29, 1.82) is 0 Å². The number of carbonyl (C=O) groups excluding carboxylic acids is 5. The molecule has 14 heteroatoms. The molecule has 0 radical (unpaired) electrons. The summed E-state index contributed by atoms with van der Waals surface area (Å²) in [5.74, 6) is -4.63. The molecule has 1 aliphatic carbocycles. The van der Waals surface area contributed by atoms with Crippen LogP contribution >= 0.6 is 11.6 Å². The predicted molar refractivity (Wildman–Crippen MR) is 136 cm³/mol. The van der Waals surface area contributed by atoms with Gasteiger partial charge in [0.25, 0.3) is 17.7 Å². The molecule has 1 aromatic carbocycles. The molecule has 1 saturated heterocycles. The zero-order chi connectivity index (χ0) is 29.2. The second-order valence-corrected chi connectivity index (χ2v) is 10.2. The van der Waals surface area contributed by atoms with Crippen molar-refractivity contribution in [3.8, 4) is 0 Å². The second kappa shape index (κ2) is 11.6. The van der Waals surface area contributed by atoms with Crippen LogP contribution in [0.15, 0.2) is 36.5 Å². The van der Waals surface area contributed by atoms with Crippen molar-refractivity contribution in [3.05, 3.63) is 58.4 Å². The molecule has 4 N–H and O–H groups in total. The lowest BCUT2D eigenvalue weighted by Crippen LogP contribution is -2.49. The van der Waals surface area contributed by atoms with Crippen molar-refractivity contribution in [2.24, 2.45) is 5.92 Å². The maximum atomic E-state index is 13.3. The molecule has 3 atom stereocenters. The van der Waals surface area contributed by atoms with Crippen LogP contribution in [0.2, 0.25) is 5.02 Å². The topological polar surface area (TPSA) is 146 Å². The molecule has 0 bridgehead atoms. The fourth-order valence-corrected chi connectivity index (χ4v) is 4.46. The third kappa shape index (κ3) is 7.14. The maximum Gasteiger partial charge on any atom is 0.433 e. The van der Waals surface area contributed by atoms with Crippen molar-refractivity contribution in [2.75, 3.05) is 5.32 Å². The number of benzene rings is 1.